The third kappa shape index (κ3) is 2.65. The zero-order valence-corrected chi connectivity index (χ0v) is 11.5. The molecule has 0 bridgehead atoms. The van der Waals surface area contributed by atoms with Gasteiger partial charge in [0.2, 0.25) is 5.91 Å². The lowest BCUT2D eigenvalue weighted by molar-refractivity contribution is -0.131. The molecule has 0 aliphatic carbocycles. The number of fused-ring (bicyclic) bond motifs is 1. The molecule has 0 unspecified atom stereocenters. The largest absolute Gasteiger partial charge is 0.478 e. The first-order valence-corrected chi connectivity index (χ1v) is 6.58. The Morgan fingerprint density at radius 3 is 2.71 bits per heavy atom. The van der Waals surface area contributed by atoms with Crippen LogP contribution in [0.1, 0.15) is 32.9 Å². The van der Waals surface area contributed by atoms with Crippen molar-refractivity contribution in [1.82, 2.24) is 10.1 Å². The van der Waals surface area contributed by atoms with Crippen LogP contribution in [0, 0.1) is 6.92 Å². The number of nitrogens with zero attached hydrogens (tertiary/aromatic N) is 2. The molecule has 2 heterocycles. The first kappa shape index (κ1) is 13.4. The van der Waals surface area contributed by atoms with E-state index in [0.29, 0.717) is 24.5 Å². The number of benzene rings is 1. The van der Waals surface area contributed by atoms with Crippen molar-refractivity contribution in [1.29, 1.82) is 0 Å². The highest BCUT2D eigenvalue weighted by Gasteiger charge is 2.24. The minimum Gasteiger partial charge on any atom is -0.478 e. The Morgan fingerprint density at radius 2 is 2.05 bits per heavy atom. The van der Waals surface area contributed by atoms with Crippen molar-refractivity contribution in [2.24, 2.45) is 0 Å². The van der Waals surface area contributed by atoms with E-state index in [9.17, 15) is 9.59 Å². The molecule has 1 aliphatic rings. The molecule has 6 heteroatoms. The summed E-state index contributed by atoms with van der Waals surface area (Å²) >= 11 is 0. The summed E-state index contributed by atoms with van der Waals surface area (Å²) in [5.41, 5.74) is 2.74. The highest BCUT2D eigenvalue weighted by molar-refractivity contribution is 5.88. The van der Waals surface area contributed by atoms with Crippen LogP contribution in [0.25, 0.3) is 0 Å². The second kappa shape index (κ2) is 5.05. The molecular weight excluding hydrogens is 272 g/mol. The molecule has 3 rings (SSSR count). The SMILES string of the molecule is Cc1cc(CC(=O)N2Cc3ccc(C(=O)O)cc3C2)no1. The molecule has 0 spiro atoms. The van der Waals surface area contributed by atoms with E-state index in [2.05, 4.69) is 5.16 Å². The second-order valence-corrected chi connectivity index (χ2v) is 5.14. The van der Waals surface area contributed by atoms with Crippen molar-refractivity contribution in [3.63, 3.8) is 0 Å². The van der Waals surface area contributed by atoms with Gasteiger partial charge in [-0.1, -0.05) is 11.2 Å². The lowest BCUT2D eigenvalue weighted by Crippen LogP contribution is -2.27. The Morgan fingerprint density at radius 1 is 1.29 bits per heavy atom. The number of carbonyl (C=O) groups is 2. The minimum atomic E-state index is -0.958. The first-order valence-electron chi connectivity index (χ1n) is 6.58. The van der Waals surface area contributed by atoms with Gasteiger partial charge in [-0.25, -0.2) is 4.79 Å². The lowest BCUT2D eigenvalue weighted by atomic mass is 10.1. The number of carboxylic acid groups (broad SMARTS) is 1. The number of aryl methyl sites for hydroxylation is 1. The maximum atomic E-state index is 12.2. The number of hydrogen-bond donors (Lipinski definition) is 1. The van der Waals surface area contributed by atoms with E-state index < -0.39 is 5.97 Å². The van der Waals surface area contributed by atoms with Gasteiger partial charge in [-0.2, -0.15) is 0 Å². The summed E-state index contributed by atoms with van der Waals surface area (Å²) < 4.78 is 4.95. The molecule has 21 heavy (non-hydrogen) atoms. The zero-order chi connectivity index (χ0) is 15.0. The van der Waals surface area contributed by atoms with Gasteiger partial charge in [0.25, 0.3) is 0 Å². The smallest absolute Gasteiger partial charge is 0.335 e. The summed E-state index contributed by atoms with van der Waals surface area (Å²) in [6, 6.07) is 6.71. The molecule has 1 aromatic carbocycles. The minimum absolute atomic E-state index is 0.0450. The van der Waals surface area contributed by atoms with Gasteiger partial charge < -0.3 is 14.5 Å². The summed E-state index contributed by atoms with van der Waals surface area (Å²) in [7, 11) is 0. The van der Waals surface area contributed by atoms with E-state index in [1.807, 2.05) is 0 Å². The van der Waals surface area contributed by atoms with E-state index in [-0.39, 0.29) is 17.9 Å². The normalized spacial score (nSPS) is 13.3. The fourth-order valence-corrected chi connectivity index (χ4v) is 2.47. The molecule has 0 saturated heterocycles. The highest BCUT2D eigenvalue weighted by atomic mass is 16.5. The molecule has 108 valence electrons. The van der Waals surface area contributed by atoms with Crippen LogP contribution in [-0.4, -0.2) is 27.0 Å². The second-order valence-electron chi connectivity index (χ2n) is 5.14. The zero-order valence-electron chi connectivity index (χ0n) is 11.5. The van der Waals surface area contributed by atoms with Crippen molar-refractivity contribution in [3.8, 4) is 0 Å². The van der Waals surface area contributed by atoms with E-state index in [4.69, 9.17) is 9.63 Å². The molecule has 1 amide bonds. The number of aromatic carboxylic acids is 1. The van der Waals surface area contributed by atoms with Crippen LogP contribution in [0.15, 0.2) is 28.8 Å². The number of carboxylic acids is 1. The lowest BCUT2D eigenvalue weighted by Gasteiger charge is -2.14. The summed E-state index contributed by atoms with van der Waals surface area (Å²) in [6.45, 7) is 2.72. The fraction of sp³-hybridized carbons (Fsp3) is 0.267. The Balaban J connectivity index is 1.72. The van der Waals surface area contributed by atoms with Crippen LogP contribution in [0.2, 0.25) is 0 Å². The molecule has 0 atom stereocenters. The van der Waals surface area contributed by atoms with Gasteiger partial charge in [-0.3, -0.25) is 4.79 Å². The van der Waals surface area contributed by atoms with E-state index >= 15 is 0 Å². The third-order valence-corrected chi connectivity index (χ3v) is 3.54. The Labute approximate surface area is 121 Å². The predicted molar refractivity (Wildman–Crippen MR) is 72.6 cm³/mol. The Bertz CT molecular complexity index is 720. The number of hydrogen-bond acceptors (Lipinski definition) is 4. The van der Waals surface area contributed by atoms with Crippen LogP contribution >= 0.6 is 0 Å². The van der Waals surface area contributed by atoms with E-state index in [1.165, 1.54) is 0 Å². The molecule has 1 aliphatic heterocycles. The average molecular weight is 286 g/mol. The molecule has 1 N–H and O–H groups in total. The van der Waals surface area contributed by atoms with Gasteiger partial charge in [0.1, 0.15) is 5.76 Å². The summed E-state index contributed by atoms with van der Waals surface area (Å²) in [5.74, 6) is -0.328. The molecule has 0 saturated carbocycles. The third-order valence-electron chi connectivity index (χ3n) is 3.54. The van der Waals surface area contributed by atoms with E-state index in [1.54, 1.807) is 36.1 Å². The van der Waals surface area contributed by atoms with Crippen molar-refractivity contribution < 1.29 is 19.2 Å². The molecular formula is C15H14N2O4. The number of amides is 1. The average Bonchev–Trinajstić information content (AvgIpc) is 3.03. The van der Waals surface area contributed by atoms with Crippen LogP contribution in [0.3, 0.4) is 0 Å². The van der Waals surface area contributed by atoms with Gasteiger partial charge in [0.05, 0.1) is 17.7 Å². The highest BCUT2D eigenvalue weighted by Crippen LogP contribution is 2.24. The van der Waals surface area contributed by atoms with Crippen LogP contribution in [0.4, 0.5) is 0 Å². The maximum Gasteiger partial charge on any atom is 0.335 e. The molecule has 6 nitrogen and oxygen atoms in total. The van der Waals surface area contributed by atoms with Gasteiger partial charge in [0, 0.05) is 19.2 Å². The Kier molecular flexibility index (Phi) is 3.21. The quantitative estimate of drug-likeness (QED) is 0.929. The van der Waals surface area contributed by atoms with E-state index in [0.717, 1.165) is 11.1 Å². The number of rotatable bonds is 3. The van der Waals surface area contributed by atoms with Gasteiger partial charge in [-0.15, -0.1) is 0 Å². The van der Waals surface area contributed by atoms with Crippen molar-refractivity contribution in [2.45, 2.75) is 26.4 Å². The topological polar surface area (TPSA) is 83.6 Å². The molecule has 0 fully saturated rings. The van der Waals surface area contributed by atoms with Crippen LogP contribution < -0.4 is 0 Å². The van der Waals surface area contributed by atoms with Crippen molar-refractivity contribution >= 4 is 11.9 Å². The summed E-state index contributed by atoms with van der Waals surface area (Å²) in [6.07, 6.45) is 0.192. The number of aromatic nitrogens is 1. The van der Waals surface area contributed by atoms with Gasteiger partial charge in [-0.05, 0) is 30.2 Å². The van der Waals surface area contributed by atoms with Gasteiger partial charge >= 0.3 is 5.97 Å². The number of carbonyl (C=O) groups excluding carboxylic acids is 1. The van der Waals surface area contributed by atoms with Crippen molar-refractivity contribution in [3.05, 3.63) is 52.4 Å². The van der Waals surface area contributed by atoms with Crippen LogP contribution in [-0.2, 0) is 24.3 Å². The monoisotopic (exact) mass is 286 g/mol. The molecule has 1 aromatic heterocycles. The summed E-state index contributed by atoms with van der Waals surface area (Å²) in [4.78, 5) is 24.9. The first-order chi connectivity index (χ1) is 10.0. The molecule has 2 aromatic rings. The van der Waals surface area contributed by atoms with Crippen molar-refractivity contribution in [2.75, 3.05) is 0 Å². The fourth-order valence-electron chi connectivity index (χ4n) is 2.47. The van der Waals surface area contributed by atoms with Gasteiger partial charge in [0.15, 0.2) is 0 Å². The summed E-state index contributed by atoms with van der Waals surface area (Å²) in [5, 5.41) is 12.8. The molecule has 0 radical (unpaired) electrons. The van der Waals surface area contributed by atoms with Crippen LogP contribution in [0.5, 0.6) is 0 Å². The Hall–Kier alpha value is -2.63. The standard InChI is InChI=1S/C15H14N2O4/c1-9-4-13(16-21-9)6-14(18)17-7-11-3-2-10(15(19)20)5-12(11)8-17/h2-5H,6-8H2,1H3,(H,19,20). The maximum absolute atomic E-state index is 12.2. The predicted octanol–water partition coefficient (Wildman–Crippen LogP) is 1.77.